The van der Waals surface area contributed by atoms with Gasteiger partial charge in [0.05, 0.1) is 5.92 Å². The topological polar surface area (TPSA) is 52.7 Å². The van der Waals surface area contributed by atoms with E-state index in [1.165, 1.54) is 4.90 Å². The summed E-state index contributed by atoms with van der Waals surface area (Å²) in [6, 6.07) is 2.94. The van der Waals surface area contributed by atoms with Crippen LogP contribution >= 0.6 is 0 Å². The van der Waals surface area contributed by atoms with Gasteiger partial charge >= 0.3 is 0 Å². The number of likely N-dealkylation sites (N-methyl/N-ethyl adjacent to an activating group) is 1. The van der Waals surface area contributed by atoms with E-state index in [4.69, 9.17) is 0 Å². The van der Waals surface area contributed by atoms with E-state index in [2.05, 4.69) is 10.2 Å². The van der Waals surface area contributed by atoms with Crippen LogP contribution in [0.3, 0.4) is 0 Å². The predicted molar refractivity (Wildman–Crippen MR) is 83.0 cm³/mol. The van der Waals surface area contributed by atoms with Crippen LogP contribution in [0.1, 0.15) is 13.3 Å². The lowest BCUT2D eigenvalue weighted by molar-refractivity contribution is -0.126. The average molecular weight is 325 g/mol. The van der Waals surface area contributed by atoms with E-state index in [-0.39, 0.29) is 30.5 Å². The Kier molecular flexibility index (Phi) is 5.65. The molecule has 1 N–H and O–H groups in total. The van der Waals surface area contributed by atoms with Crippen molar-refractivity contribution in [1.29, 1.82) is 0 Å². The van der Waals surface area contributed by atoms with Gasteiger partial charge in [0, 0.05) is 37.8 Å². The fourth-order valence-electron chi connectivity index (χ4n) is 2.50. The van der Waals surface area contributed by atoms with Gasteiger partial charge < -0.3 is 15.1 Å². The summed E-state index contributed by atoms with van der Waals surface area (Å²) in [6.07, 6.45) is 0.0492. The van der Waals surface area contributed by atoms with Crippen LogP contribution in [0.15, 0.2) is 18.2 Å². The van der Waals surface area contributed by atoms with Crippen LogP contribution in [-0.4, -0.2) is 49.9 Å². The first kappa shape index (κ1) is 17.3. The fraction of sp³-hybridized carbons (Fsp3) is 0.500. The Morgan fingerprint density at radius 2 is 2.00 bits per heavy atom. The van der Waals surface area contributed by atoms with E-state index in [0.717, 1.165) is 31.3 Å². The number of carbonyl (C=O) groups excluding carboxylic acids is 2. The Hall–Kier alpha value is -2.02. The Labute approximate surface area is 134 Å². The monoisotopic (exact) mass is 325 g/mol. The fourth-order valence-corrected chi connectivity index (χ4v) is 2.50. The van der Waals surface area contributed by atoms with Crippen LogP contribution in [0, 0.1) is 17.6 Å². The van der Waals surface area contributed by atoms with E-state index in [1.807, 2.05) is 14.0 Å². The SMILES string of the molecule is CCN(C)CCNC(=O)C1CC(=O)N(c2cc(F)cc(F)c2)C1. The molecule has 0 aromatic heterocycles. The number of nitrogens with zero attached hydrogens (tertiary/aromatic N) is 2. The lowest BCUT2D eigenvalue weighted by atomic mass is 10.1. The molecule has 1 aliphatic rings. The van der Waals surface area contributed by atoms with E-state index in [0.29, 0.717) is 6.54 Å². The van der Waals surface area contributed by atoms with Gasteiger partial charge in [0.15, 0.2) is 0 Å². The lowest BCUT2D eigenvalue weighted by Crippen LogP contribution is -2.37. The normalized spacial score (nSPS) is 17.9. The zero-order chi connectivity index (χ0) is 17.0. The molecule has 0 bridgehead atoms. The van der Waals surface area contributed by atoms with E-state index >= 15 is 0 Å². The van der Waals surface area contributed by atoms with Crippen molar-refractivity contribution in [2.45, 2.75) is 13.3 Å². The molecular formula is C16H21F2N3O2. The van der Waals surface area contributed by atoms with Crippen LogP contribution in [-0.2, 0) is 9.59 Å². The summed E-state index contributed by atoms with van der Waals surface area (Å²) in [5, 5.41) is 2.80. The molecule has 1 unspecified atom stereocenters. The molecule has 0 radical (unpaired) electrons. The molecule has 1 aromatic carbocycles. The summed E-state index contributed by atoms with van der Waals surface area (Å²) in [6.45, 7) is 4.27. The molecule has 0 spiro atoms. The van der Waals surface area contributed by atoms with Crippen molar-refractivity contribution < 1.29 is 18.4 Å². The van der Waals surface area contributed by atoms with E-state index in [1.54, 1.807) is 0 Å². The van der Waals surface area contributed by atoms with Crippen molar-refractivity contribution in [2.75, 3.05) is 38.1 Å². The number of benzene rings is 1. The maximum absolute atomic E-state index is 13.3. The summed E-state index contributed by atoms with van der Waals surface area (Å²) < 4.78 is 26.6. The number of halogens is 2. The minimum Gasteiger partial charge on any atom is -0.355 e. The summed E-state index contributed by atoms with van der Waals surface area (Å²) >= 11 is 0. The maximum Gasteiger partial charge on any atom is 0.227 e. The molecule has 5 nitrogen and oxygen atoms in total. The molecule has 1 atom stereocenters. The number of hydrogen-bond acceptors (Lipinski definition) is 3. The van der Waals surface area contributed by atoms with Gasteiger partial charge in [-0.3, -0.25) is 9.59 Å². The molecular weight excluding hydrogens is 304 g/mol. The predicted octanol–water partition coefficient (Wildman–Crippen LogP) is 1.39. The highest BCUT2D eigenvalue weighted by Crippen LogP contribution is 2.26. The number of anilines is 1. The molecule has 0 saturated carbocycles. The summed E-state index contributed by atoms with van der Waals surface area (Å²) in [5.74, 6) is -2.50. The number of nitrogens with one attached hydrogen (secondary N) is 1. The largest absolute Gasteiger partial charge is 0.355 e. The maximum atomic E-state index is 13.3. The van der Waals surface area contributed by atoms with Gasteiger partial charge in [0.25, 0.3) is 0 Å². The van der Waals surface area contributed by atoms with Gasteiger partial charge in [-0.1, -0.05) is 6.92 Å². The van der Waals surface area contributed by atoms with Crippen LogP contribution in [0.2, 0.25) is 0 Å². The molecule has 1 aromatic rings. The molecule has 2 amide bonds. The molecule has 23 heavy (non-hydrogen) atoms. The van der Waals surface area contributed by atoms with E-state index < -0.39 is 17.6 Å². The molecule has 1 heterocycles. The number of carbonyl (C=O) groups is 2. The lowest BCUT2D eigenvalue weighted by Gasteiger charge is -2.18. The molecule has 0 aliphatic carbocycles. The Morgan fingerprint density at radius 1 is 1.35 bits per heavy atom. The number of hydrogen-bond donors (Lipinski definition) is 1. The minimum atomic E-state index is -0.747. The first-order valence-corrected chi connectivity index (χ1v) is 7.63. The van der Waals surface area contributed by atoms with Crippen molar-refractivity contribution in [3.05, 3.63) is 29.8 Å². The Bertz CT molecular complexity index is 574. The standard InChI is InChI=1S/C16H21F2N3O2/c1-3-20(2)5-4-19-16(23)11-6-15(22)21(10-11)14-8-12(17)7-13(18)9-14/h7-9,11H,3-6,10H2,1-2H3,(H,19,23). The van der Waals surface area contributed by atoms with Gasteiger partial charge in [0.2, 0.25) is 11.8 Å². The van der Waals surface area contributed by atoms with Crippen molar-refractivity contribution >= 4 is 17.5 Å². The molecule has 126 valence electrons. The molecule has 1 saturated heterocycles. The quantitative estimate of drug-likeness (QED) is 0.860. The number of amides is 2. The van der Waals surface area contributed by atoms with Crippen molar-refractivity contribution in [3.8, 4) is 0 Å². The summed E-state index contributed by atoms with van der Waals surface area (Å²) in [7, 11) is 1.95. The average Bonchev–Trinajstić information content (AvgIpc) is 2.88. The minimum absolute atomic E-state index is 0.0492. The van der Waals surface area contributed by atoms with Gasteiger partial charge in [-0.15, -0.1) is 0 Å². The highest BCUT2D eigenvalue weighted by Gasteiger charge is 2.35. The summed E-state index contributed by atoms with van der Waals surface area (Å²) in [5.41, 5.74) is 0.147. The second-order valence-electron chi connectivity index (χ2n) is 5.72. The summed E-state index contributed by atoms with van der Waals surface area (Å²) in [4.78, 5) is 27.5. The third-order valence-electron chi connectivity index (χ3n) is 3.99. The van der Waals surface area contributed by atoms with E-state index in [9.17, 15) is 18.4 Å². The van der Waals surface area contributed by atoms with Gasteiger partial charge in [-0.05, 0) is 25.7 Å². The third kappa shape index (κ3) is 4.48. The van der Waals surface area contributed by atoms with Crippen LogP contribution in [0.4, 0.5) is 14.5 Å². The van der Waals surface area contributed by atoms with Gasteiger partial charge in [0.1, 0.15) is 11.6 Å². The Balaban J connectivity index is 1.95. The first-order chi connectivity index (χ1) is 10.9. The Morgan fingerprint density at radius 3 is 2.61 bits per heavy atom. The van der Waals surface area contributed by atoms with Gasteiger partial charge in [-0.25, -0.2) is 8.78 Å². The smallest absolute Gasteiger partial charge is 0.227 e. The van der Waals surface area contributed by atoms with Crippen molar-refractivity contribution in [3.63, 3.8) is 0 Å². The molecule has 1 aliphatic heterocycles. The first-order valence-electron chi connectivity index (χ1n) is 7.63. The molecule has 1 fully saturated rings. The van der Waals surface area contributed by atoms with Crippen LogP contribution in [0.25, 0.3) is 0 Å². The van der Waals surface area contributed by atoms with Gasteiger partial charge in [-0.2, -0.15) is 0 Å². The number of rotatable bonds is 6. The van der Waals surface area contributed by atoms with Crippen LogP contribution < -0.4 is 10.2 Å². The van der Waals surface area contributed by atoms with Crippen molar-refractivity contribution in [1.82, 2.24) is 10.2 Å². The third-order valence-corrected chi connectivity index (χ3v) is 3.99. The second-order valence-corrected chi connectivity index (χ2v) is 5.72. The van der Waals surface area contributed by atoms with Crippen LogP contribution in [0.5, 0.6) is 0 Å². The highest BCUT2D eigenvalue weighted by molar-refractivity contribution is 6.00. The highest BCUT2D eigenvalue weighted by atomic mass is 19.1. The second kappa shape index (κ2) is 7.50. The van der Waals surface area contributed by atoms with Crippen molar-refractivity contribution in [2.24, 2.45) is 5.92 Å². The molecule has 7 heteroatoms. The molecule has 2 rings (SSSR count). The zero-order valence-electron chi connectivity index (χ0n) is 13.3. The zero-order valence-corrected chi connectivity index (χ0v) is 13.3.